The first-order chi connectivity index (χ1) is 17.7. The number of pyridine rings is 1. The minimum atomic E-state index is -1.33. The van der Waals surface area contributed by atoms with E-state index in [4.69, 9.17) is 28.3 Å². The molecular weight excluding hydrogens is 518 g/mol. The average Bonchev–Trinajstić information content (AvgIpc) is 2.87. The van der Waals surface area contributed by atoms with Gasteiger partial charge in [0, 0.05) is 47.3 Å². The Balaban J connectivity index is 1.74. The largest absolute Gasteiger partial charge is 0.478 e. The summed E-state index contributed by atoms with van der Waals surface area (Å²) in [4.78, 5) is 22.9. The van der Waals surface area contributed by atoms with Crippen LogP contribution < -0.4 is 5.56 Å². The van der Waals surface area contributed by atoms with Gasteiger partial charge in [-0.2, -0.15) is 0 Å². The van der Waals surface area contributed by atoms with Crippen LogP contribution in [-0.4, -0.2) is 26.6 Å². The molecule has 0 unspecified atom stereocenters. The molecule has 4 aromatic rings. The summed E-state index contributed by atoms with van der Waals surface area (Å²) in [5, 5.41) is 23.3. The molecular formula is C28H21Cl2FN2O4. The Morgan fingerprint density at radius 3 is 2.30 bits per heavy atom. The van der Waals surface area contributed by atoms with Crippen LogP contribution in [0.5, 0.6) is 0 Å². The molecule has 1 aromatic heterocycles. The molecule has 0 aliphatic heterocycles. The van der Waals surface area contributed by atoms with E-state index in [0.29, 0.717) is 32.4 Å². The fourth-order valence-corrected chi connectivity index (χ4v) is 4.68. The van der Waals surface area contributed by atoms with Gasteiger partial charge in [-0.25, -0.2) is 9.18 Å². The van der Waals surface area contributed by atoms with Crippen LogP contribution in [0.3, 0.4) is 0 Å². The van der Waals surface area contributed by atoms with Gasteiger partial charge in [0.05, 0.1) is 11.3 Å². The van der Waals surface area contributed by atoms with Crippen molar-refractivity contribution in [3.05, 3.63) is 127 Å². The molecule has 1 heterocycles. The molecule has 1 atom stereocenters. The zero-order valence-corrected chi connectivity index (χ0v) is 21.0. The zero-order chi connectivity index (χ0) is 26.7. The third kappa shape index (κ3) is 5.74. The Kier molecular flexibility index (Phi) is 7.76. The summed E-state index contributed by atoms with van der Waals surface area (Å²) in [5.41, 5.74) is 3.14. The second-order valence-corrected chi connectivity index (χ2v) is 9.30. The highest BCUT2D eigenvalue weighted by Crippen LogP contribution is 2.36. The maximum Gasteiger partial charge on any atom is 0.338 e. The molecule has 2 N–H and O–H groups in total. The first-order valence-electron chi connectivity index (χ1n) is 11.1. The number of carbonyl (C=O) groups is 1. The molecule has 0 fully saturated rings. The van der Waals surface area contributed by atoms with E-state index in [9.17, 15) is 19.2 Å². The van der Waals surface area contributed by atoms with E-state index in [-0.39, 0.29) is 17.9 Å². The van der Waals surface area contributed by atoms with E-state index in [0.717, 1.165) is 11.1 Å². The molecule has 37 heavy (non-hydrogen) atoms. The topological polar surface area (TPSA) is 91.9 Å². The quantitative estimate of drug-likeness (QED) is 0.157. The summed E-state index contributed by atoms with van der Waals surface area (Å²) < 4.78 is 15.6. The van der Waals surface area contributed by atoms with Crippen LogP contribution in [0.15, 0.2) is 88.9 Å². The van der Waals surface area contributed by atoms with Gasteiger partial charge >= 0.3 is 5.97 Å². The van der Waals surface area contributed by atoms with Crippen molar-refractivity contribution >= 4 is 34.9 Å². The molecule has 6 nitrogen and oxygen atoms in total. The normalized spacial score (nSPS) is 12.4. The van der Waals surface area contributed by atoms with E-state index in [1.165, 1.54) is 22.8 Å². The van der Waals surface area contributed by atoms with Gasteiger partial charge in [0.15, 0.2) is 0 Å². The van der Waals surface area contributed by atoms with Crippen molar-refractivity contribution < 1.29 is 19.5 Å². The molecule has 0 amide bonds. The number of halogens is 3. The van der Waals surface area contributed by atoms with Crippen molar-refractivity contribution in [3.63, 3.8) is 0 Å². The van der Waals surface area contributed by atoms with E-state index < -0.39 is 17.3 Å². The second-order valence-electron chi connectivity index (χ2n) is 8.46. The molecule has 0 aliphatic carbocycles. The molecule has 9 heteroatoms. The van der Waals surface area contributed by atoms with E-state index in [2.05, 4.69) is 5.16 Å². The summed E-state index contributed by atoms with van der Waals surface area (Å²) in [6.45, 7) is 0. The predicted octanol–water partition coefficient (Wildman–Crippen LogP) is 6.60. The van der Waals surface area contributed by atoms with Gasteiger partial charge in [-0.3, -0.25) is 4.79 Å². The minimum Gasteiger partial charge on any atom is -0.478 e. The first-order valence-corrected chi connectivity index (χ1v) is 11.9. The number of hydrogen-bond donors (Lipinski definition) is 2. The molecule has 0 saturated carbocycles. The number of carboxylic acids is 1. The fraction of sp³-hybridized carbons (Fsp3) is 0.107. The number of aryl methyl sites for hydroxylation is 1. The van der Waals surface area contributed by atoms with Crippen molar-refractivity contribution in [3.8, 4) is 11.1 Å². The number of nitrogens with zero attached hydrogens (tertiary/aromatic N) is 2. The lowest BCUT2D eigenvalue weighted by Gasteiger charge is -2.21. The van der Waals surface area contributed by atoms with Crippen molar-refractivity contribution in [1.29, 1.82) is 0 Å². The van der Waals surface area contributed by atoms with E-state index >= 15 is 0 Å². The monoisotopic (exact) mass is 538 g/mol. The van der Waals surface area contributed by atoms with Crippen molar-refractivity contribution in [2.24, 2.45) is 12.2 Å². The highest BCUT2D eigenvalue weighted by atomic mass is 35.5. The third-order valence-corrected chi connectivity index (χ3v) is 6.68. The van der Waals surface area contributed by atoms with Gasteiger partial charge in [0.25, 0.3) is 0 Å². The van der Waals surface area contributed by atoms with Crippen LogP contribution in [0, 0.1) is 5.82 Å². The summed E-state index contributed by atoms with van der Waals surface area (Å²) >= 11 is 12.7. The molecule has 0 saturated heterocycles. The molecule has 188 valence electrons. The van der Waals surface area contributed by atoms with Gasteiger partial charge in [0.2, 0.25) is 5.56 Å². The van der Waals surface area contributed by atoms with E-state index in [1.807, 2.05) is 12.1 Å². The first kappa shape index (κ1) is 26.1. The van der Waals surface area contributed by atoms with Crippen LogP contribution >= 0.6 is 23.2 Å². The van der Waals surface area contributed by atoms with Crippen LogP contribution in [0.4, 0.5) is 4.39 Å². The van der Waals surface area contributed by atoms with Crippen LogP contribution in [0.2, 0.25) is 10.0 Å². The number of oxime groups is 1. The number of rotatable bonds is 7. The summed E-state index contributed by atoms with van der Waals surface area (Å²) in [6.07, 6.45) is 1.84. The molecule has 3 aromatic carbocycles. The third-order valence-electron chi connectivity index (χ3n) is 6.12. The summed E-state index contributed by atoms with van der Waals surface area (Å²) in [6, 6.07) is 19.4. The van der Waals surface area contributed by atoms with Crippen LogP contribution in [0.25, 0.3) is 11.1 Å². The second kappa shape index (κ2) is 11.0. The number of carboxylic acid groups (broad SMARTS) is 1. The SMILES string of the molecule is Cn1cc(/C(C[C@@H](c2ccc(-c3ccc(C(=O)O)c(F)c3)cc2)c2ccc(Cl)cc2Cl)=N/O)ccc1=O. The smallest absolute Gasteiger partial charge is 0.338 e. The highest BCUT2D eigenvalue weighted by molar-refractivity contribution is 6.35. The van der Waals surface area contributed by atoms with Gasteiger partial charge in [-0.1, -0.05) is 64.8 Å². The zero-order valence-electron chi connectivity index (χ0n) is 19.5. The molecule has 4 rings (SSSR count). The summed E-state index contributed by atoms with van der Waals surface area (Å²) in [5.74, 6) is -2.50. The van der Waals surface area contributed by atoms with Gasteiger partial charge in [-0.05, 0) is 52.6 Å². The number of hydrogen-bond acceptors (Lipinski definition) is 4. The standard InChI is InChI=1S/C28H21Cl2FN2O4/c1-33-15-19(7-11-27(33)34)26(32-37)14-23(21-10-8-20(29)13-24(21)30)17-4-2-16(3-5-17)18-6-9-22(28(35)36)25(31)12-18/h2-13,15,23,37H,14H2,1H3,(H,35,36)/b32-26+/t23-/m0/s1. The van der Waals surface area contributed by atoms with Gasteiger partial charge < -0.3 is 14.9 Å². The molecule has 0 radical (unpaired) electrons. The maximum atomic E-state index is 14.2. The Bertz CT molecular complexity index is 1570. The highest BCUT2D eigenvalue weighted by Gasteiger charge is 2.22. The Morgan fingerprint density at radius 2 is 1.70 bits per heavy atom. The van der Waals surface area contributed by atoms with Crippen molar-refractivity contribution in [1.82, 2.24) is 4.57 Å². The Morgan fingerprint density at radius 1 is 1.00 bits per heavy atom. The lowest BCUT2D eigenvalue weighted by molar-refractivity contribution is 0.0692. The summed E-state index contributed by atoms with van der Waals surface area (Å²) in [7, 11) is 1.61. The van der Waals surface area contributed by atoms with E-state index in [1.54, 1.807) is 55.7 Å². The Labute approximate surface area is 221 Å². The minimum absolute atomic E-state index is 0.193. The molecule has 0 aliphatic rings. The maximum absolute atomic E-state index is 14.2. The van der Waals surface area contributed by atoms with Crippen LogP contribution in [0.1, 0.15) is 39.4 Å². The van der Waals surface area contributed by atoms with Crippen LogP contribution in [-0.2, 0) is 7.05 Å². The Hall–Kier alpha value is -3.94. The van der Waals surface area contributed by atoms with Gasteiger partial charge in [0.1, 0.15) is 5.82 Å². The molecule has 0 bridgehead atoms. The molecule has 0 spiro atoms. The number of aromatic carboxylic acids is 1. The number of aromatic nitrogens is 1. The average molecular weight is 539 g/mol. The van der Waals surface area contributed by atoms with Gasteiger partial charge in [-0.15, -0.1) is 0 Å². The number of benzene rings is 3. The predicted molar refractivity (Wildman–Crippen MR) is 142 cm³/mol. The van der Waals surface area contributed by atoms with Crippen molar-refractivity contribution in [2.45, 2.75) is 12.3 Å². The fourth-order valence-electron chi connectivity index (χ4n) is 4.14. The van der Waals surface area contributed by atoms with Crippen molar-refractivity contribution in [2.75, 3.05) is 0 Å². The lowest BCUT2D eigenvalue weighted by atomic mass is 9.85. The lowest BCUT2D eigenvalue weighted by Crippen LogP contribution is -2.18.